The fourth-order valence-corrected chi connectivity index (χ4v) is 4.29. The summed E-state index contributed by atoms with van der Waals surface area (Å²) >= 11 is 1.69. The van der Waals surface area contributed by atoms with Crippen LogP contribution in [0.5, 0.6) is 0 Å². The van der Waals surface area contributed by atoms with E-state index in [0.29, 0.717) is 0 Å². The summed E-state index contributed by atoms with van der Waals surface area (Å²) in [6.45, 7) is 5.54. The van der Waals surface area contributed by atoms with Gasteiger partial charge in [-0.15, -0.1) is 11.8 Å². The molecule has 1 aliphatic heterocycles. The van der Waals surface area contributed by atoms with Gasteiger partial charge in [-0.1, -0.05) is 42.5 Å². The van der Waals surface area contributed by atoms with Crippen molar-refractivity contribution < 1.29 is 14.3 Å². The number of carbonyl (C=O) groups excluding carboxylic acids is 1. The van der Waals surface area contributed by atoms with Gasteiger partial charge in [0.05, 0.1) is 0 Å². The van der Waals surface area contributed by atoms with Crippen LogP contribution < -0.4 is 0 Å². The number of hydrogen-bond donors (Lipinski definition) is 0. The Morgan fingerprint density at radius 2 is 1.87 bits per heavy atom. The summed E-state index contributed by atoms with van der Waals surface area (Å²) in [5.74, 6) is 0.978. The molecule has 0 radical (unpaired) electrons. The molecular weight excluding hydrogens is 308 g/mol. The molecule has 1 aliphatic rings. The van der Waals surface area contributed by atoms with Crippen LogP contribution >= 0.6 is 11.8 Å². The average Bonchev–Trinajstić information content (AvgIpc) is 2.94. The second-order valence-corrected chi connectivity index (χ2v) is 8.15. The Hall–Kier alpha value is -1.68. The molecule has 0 N–H and O–H groups in total. The van der Waals surface area contributed by atoms with Crippen LogP contribution in [0.2, 0.25) is 0 Å². The van der Waals surface area contributed by atoms with Crippen LogP contribution in [0.4, 0.5) is 4.79 Å². The highest BCUT2D eigenvalue weighted by Crippen LogP contribution is 2.49. The SMILES string of the molecule is CC(C)(C)OC(=O)OC1(c2cccc3ccccc23)CCCS1. The Morgan fingerprint density at radius 1 is 1.13 bits per heavy atom. The molecule has 0 aliphatic carbocycles. The molecule has 2 aromatic carbocycles. The summed E-state index contributed by atoms with van der Waals surface area (Å²) < 4.78 is 11.3. The van der Waals surface area contributed by atoms with Crippen molar-refractivity contribution in [3.63, 3.8) is 0 Å². The molecule has 1 atom stereocenters. The second kappa shape index (κ2) is 6.08. The van der Waals surface area contributed by atoms with Crippen molar-refractivity contribution in [3.8, 4) is 0 Å². The number of carbonyl (C=O) groups is 1. The van der Waals surface area contributed by atoms with E-state index in [1.54, 1.807) is 11.8 Å². The first-order valence-corrected chi connectivity index (χ1v) is 8.92. The molecule has 122 valence electrons. The van der Waals surface area contributed by atoms with Gasteiger partial charge in [0.15, 0.2) is 4.93 Å². The third kappa shape index (κ3) is 3.47. The van der Waals surface area contributed by atoms with Crippen molar-refractivity contribution in [1.29, 1.82) is 0 Å². The third-order valence-electron chi connectivity index (χ3n) is 3.82. The zero-order chi connectivity index (χ0) is 16.5. The Bertz CT molecular complexity index is 707. The molecule has 0 saturated carbocycles. The highest BCUT2D eigenvalue weighted by molar-refractivity contribution is 8.00. The number of thioether (sulfide) groups is 1. The average molecular weight is 330 g/mol. The summed E-state index contributed by atoms with van der Waals surface area (Å²) in [6, 6.07) is 14.4. The van der Waals surface area contributed by atoms with Crippen molar-refractivity contribution >= 4 is 28.7 Å². The van der Waals surface area contributed by atoms with Gasteiger partial charge in [0.1, 0.15) is 5.60 Å². The van der Waals surface area contributed by atoms with Gasteiger partial charge in [0.25, 0.3) is 0 Å². The molecule has 0 spiro atoms. The maximum Gasteiger partial charge on any atom is 0.510 e. The lowest BCUT2D eigenvalue weighted by Crippen LogP contribution is -2.31. The Morgan fingerprint density at radius 3 is 2.57 bits per heavy atom. The summed E-state index contributed by atoms with van der Waals surface area (Å²) in [4.78, 5) is 11.6. The van der Waals surface area contributed by atoms with Crippen LogP contribution in [0.1, 0.15) is 39.2 Å². The number of benzene rings is 2. The highest BCUT2D eigenvalue weighted by atomic mass is 32.2. The smallest absolute Gasteiger partial charge is 0.429 e. The molecule has 1 saturated heterocycles. The fraction of sp³-hybridized carbons (Fsp3) is 0.421. The molecule has 3 nitrogen and oxygen atoms in total. The van der Waals surface area contributed by atoms with Crippen LogP contribution in [-0.2, 0) is 14.4 Å². The van der Waals surface area contributed by atoms with E-state index in [1.807, 2.05) is 39.0 Å². The normalized spacial score (nSPS) is 21.3. The Kier molecular flexibility index (Phi) is 4.28. The predicted molar refractivity (Wildman–Crippen MR) is 94.6 cm³/mol. The van der Waals surface area contributed by atoms with E-state index in [4.69, 9.17) is 9.47 Å². The summed E-state index contributed by atoms with van der Waals surface area (Å²) in [5, 5.41) is 2.29. The lowest BCUT2D eigenvalue weighted by Gasteiger charge is -2.31. The van der Waals surface area contributed by atoms with Gasteiger partial charge < -0.3 is 9.47 Å². The quantitative estimate of drug-likeness (QED) is 0.684. The van der Waals surface area contributed by atoms with Gasteiger partial charge >= 0.3 is 6.16 Å². The van der Waals surface area contributed by atoms with E-state index in [0.717, 1.165) is 34.9 Å². The molecule has 3 rings (SSSR count). The zero-order valence-electron chi connectivity index (χ0n) is 13.8. The summed E-state index contributed by atoms with van der Waals surface area (Å²) in [5.41, 5.74) is 0.504. The molecule has 0 amide bonds. The highest BCUT2D eigenvalue weighted by Gasteiger charge is 2.42. The molecule has 1 fully saturated rings. The first-order chi connectivity index (χ1) is 10.9. The van der Waals surface area contributed by atoms with Crippen LogP contribution in [0.15, 0.2) is 42.5 Å². The minimum Gasteiger partial charge on any atom is -0.429 e. The van der Waals surface area contributed by atoms with Crippen LogP contribution in [-0.4, -0.2) is 17.5 Å². The Labute approximate surface area is 141 Å². The molecule has 0 bridgehead atoms. The molecular formula is C19H22O3S. The molecule has 1 heterocycles. The van der Waals surface area contributed by atoms with Crippen LogP contribution in [0.3, 0.4) is 0 Å². The van der Waals surface area contributed by atoms with Gasteiger partial charge in [0, 0.05) is 12.0 Å². The van der Waals surface area contributed by atoms with Gasteiger partial charge in [-0.05, 0) is 43.7 Å². The monoisotopic (exact) mass is 330 g/mol. The van der Waals surface area contributed by atoms with Crippen molar-refractivity contribution in [2.45, 2.75) is 44.1 Å². The first kappa shape index (κ1) is 16.2. The maximum absolute atomic E-state index is 12.3. The second-order valence-electron chi connectivity index (χ2n) is 6.80. The van der Waals surface area contributed by atoms with Gasteiger partial charge in [-0.3, -0.25) is 0 Å². The van der Waals surface area contributed by atoms with E-state index in [9.17, 15) is 4.79 Å². The van der Waals surface area contributed by atoms with E-state index in [2.05, 4.69) is 24.3 Å². The predicted octanol–water partition coefficient (Wildman–Crippen LogP) is 5.47. The lowest BCUT2D eigenvalue weighted by atomic mass is 9.97. The molecule has 4 heteroatoms. The number of hydrogen-bond acceptors (Lipinski definition) is 4. The van der Waals surface area contributed by atoms with Crippen molar-refractivity contribution in [1.82, 2.24) is 0 Å². The van der Waals surface area contributed by atoms with E-state index >= 15 is 0 Å². The molecule has 0 aromatic heterocycles. The van der Waals surface area contributed by atoms with Crippen LogP contribution in [0.25, 0.3) is 10.8 Å². The van der Waals surface area contributed by atoms with E-state index in [1.165, 1.54) is 0 Å². The molecule has 1 unspecified atom stereocenters. The van der Waals surface area contributed by atoms with Crippen LogP contribution in [0, 0.1) is 0 Å². The van der Waals surface area contributed by atoms with Gasteiger partial charge in [-0.25, -0.2) is 4.79 Å². The standard InChI is InChI=1S/C19H22O3S/c1-18(2,3)21-17(20)22-19(12-7-13-23-19)16-11-6-9-14-8-4-5-10-15(14)16/h4-6,8-11H,7,12-13H2,1-3H3. The largest absolute Gasteiger partial charge is 0.510 e. The molecule has 23 heavy (non-hydrogen) atoms. The van der Waals surface area contributed by atoms with E-state index in [-0.39, 0.29) is 0 Å². The topological polar surface area (TPSA) is 35.5 Å². The third-order valence-corrected chi connectivity index (χ3v) is 5.29. The van der Waals surface area contributed by atoms with Gasteiger partial charge in [-0.2, -0.15) is 0 Å². The number of fused-ring (bicyclic) bond motifs is 1. The number of ether oxygens (including phenoxy) is 2. The maximum atomic E-state index is 12.3. The Balaban J connectivity index is 1.99. The van der Waals surface area contributed by atoms with Gasteiger partial charge in [0.2, 0.25) is 0 Å². The lowest BCUT2D eigenvalue weighted by molar-refractivity contribution is -0.0375. The fourth-order valence-electron chi connectivity index (χ4n) is 2.92. The summed E-state index contributed by atoms with van der Waals surface area (Å²) in [7, 11) is 0. The number of rotatable bonds is 2. The van der Waals surface area contributed by atoms with Crippen molar-refractivity contribution in [2.75, 3.05) is 5.75 Å². The zero-order valence-corrected chi connectivity index (χ0v) is 14.6. The van der Waals surface area contributed by atoms with Crippen molar-refractivity contribution in [3.05, 3.63) is 48.0 Å². The van der Waals surface area contributed by atoms with Crippen molar-refractivity contribution in [2.24, 2.45) is 0 Å². The minimum atomic E-state index is -0.650. The molecule has 2 aromatic rings. The minimum absolute atomic E-state index is 0.555. The first-order valence-electron chi connectivity index (χ1n) is 7.94. The summed E-state index contributed by atoms with van der Waals surface area (Å²) in [6.07, 6.45) is 1.24. The van der Waals surface area contributed by atoms with E-state index < -0.39 is 16.7 Å².